The number of benzene rings is 1. The van der Waals surface area contributed by atoms with E-state index in [1.807, 2.05) is 0 Å². The Morgan fingerprint density at radius 2 is 1.84 bits per heavy atom. The Kier molecular flexibility index (Phi) is 3.55. The molecule has 0 spiro atoms. The van der Waals surface area contributed by atoms with Crippen molar-refractivity contribution in [1.82, 2.24) is 5.32 Å². The molecular weight excluding hydrogens is 246 g/mol. The van der Waals surface area contributed by atoms with E-state index in [0.29, 0.717) is 12.8 Å². The van der Waals surface area contributed by atoms with Crippen molar-refractivity contribution >= 4 is 18.0 Å². The molecule has 1 aliphatic rings. The van der Waals surface area contributed by atoms with Crippen molar-refractivity contribution in [3.8, 4) is 5.75 Å². The van der Waals surface area contributed by atoms with Gasteiger partial charge in [0.05, 0.1) is 0 Å². The van der Waals surface area contributed by atoms with Crippen LogP contribution in [0.25, 0.3) is 6.08 Å². The molecule has 0 unspecified atom stereocenters. The summed E-state index contributed by atoms with van der Waals surface area (Å²) in [7, 11) is 0. The van der Waals surface area contributed by atoms with Crippen molar-refractivity contribution in [3.05, 3.63) is 35.9 Å². The number of hydrogen-bond acceptors (Lipinski definition) is 3. The van der Waals surface area contributed by atoms with Gasteiger partial charge in [0.15, 0.2) is 0 Å². The number of hydrogen-bond donors (Lipinski definition) is 3. The molecule has 5 nitrogen and oxygen atoms in total. The number of carbonyl (C=O) groups excluding carboxylic acids is 1. The quantitative estimate of drug-likeness (QED) is 0.717. The average molecular weight is 261 g/mol. The first-order chi connectivity index (χ1) is 9.02. The second kappa shape index (κ2) is 5.14. The highest BCUT2D eigenvalue weighted by Gasteiger charge is 2.45. The van der Waals surface area contributed by atoms with Crippen molar-refractivity contribution in [1.29, 1.82) is 0 Å². The van der Waals surface area contributed by atoms with Crippen LogP contribution in [-0.2, 0) is 9.59 Å². The SMILES string of the molecule is O=C(/C=C/c1ccc(O)cc1)NC1(C(=O)O)CCC1. The van der Waals surface area contributed by atoms with Crippen LogP contribution in [0.4, 0.5) is 0 Å². The van der Waals surface area contributed by atoms with Crippen molar-refractivity contribution in [2.45, 2.75) is 24.8 Å². The molecule has 19 heavy (non-hydrogen) atoms. The Morgan fingerprint density at radius 1 is 1.21 bits per heavy atom. The highest BCUT2D eigenvalue weighted by atomic mass is 16.4. The molecule has 0 aromatic heterocycles. The van der Waals surface area contributed by atoms with Gasteiger partial charge in [0.25, 0.3) is 0 Å². The minimum Gasteiger partial charge on any atom is -0.508 e. The number of carboxylic acid groups (broad SMARTS) is 1. The predicted octanol–water partition coefficient (Wildman–Crippen LogP) is 1.53. The zero-order valence-electron chi connectivity index (χ0n) is 10.3. The van der Waals surface area contributed by atoms with E-state index in [9.17, 15) is 9.59 Å². The fraction of sp³-hybridized carbons (Fsp3) is 0.286. The molecule has 5 heteroatoms. The highest BCUT2D eigenvalue weighted by Crippen LogP contribution is 2.31. The number of carbonyl (C=O) groups is 2. The molecule has 1 saturated carbocycles. The summed E-state index contributed by atoms with van der Waals surface area (Å²) >= 11 is 0. The Labute approximate surface area is 110 Å². The number of phenolic OH excluding ortho intramolecular Hbond substituents is 1. The number of aromatic hydroxyl groups is 1. The zero-order chi connectivity index (χ0) is 13.9. The van der Waals surface area contributed by atoms with Gasteiger partial charge in [0, 0.05) is 6.08 Å². The van der Waals surface area contributed by atoms with Crippen LogP contribution in [0.3, 0.4) is 0 Å². The molecular formula is C14H15NO4. The number of nitrogens with one attached hydrogen (secondary N) is 1. The lowest BCUT2D eigenvalue weighted by molar-refractivity contribution is -0.151. The maximum absolute atomic E-state index is 11.7. The summed E-state index contributed by atoms with van der Waals surface area (Å²) in [6.45, 7) is 0. The minimum atomic E-state index is -1.09. The van der Waals surface area contributed by atoms with Crippen molar-refractivity contribution in [2.24, 2.45) is 0 Å². The molecule has 1 amide bonds. The molecule has 1 aromatic rings. The van der Waals surface area contributed by atoms with Gasteiger partial charge in [-0.15, -0.1) is 0 Å². The van der Waals surface area contributed by atoms with E-state index in [4.69, 9.17) is 10.2 Å². The van der Waals surface area contributed by atoms with Gasteiger partial charge in [0.2, 0.25) is 5.91 Å². The van der Waals surface area contributed by atoms with Gasteiger partial charge < -0.3 is 15.5 Å². The van der Waals surface area contributed by atoms with Gasteiger partial charge in [0.1, 0.15) is 11.3 Å². The summed E-state index contributed by atoms with van der Waals surface area (Å²) in [5.74, 6) is -1.25. The van der Waals surface area contributed by atoms with Crippen molar-refractivity contribution < 1.29 is 19.8 Å². The van der Waals surface area contributed by atoms with E-state index < -0.39 is 17.4 Å². The van der Waals surface area contributed by atoms with Crippen LogP contribution in [0.1, 0.15) is 24.8 Å². The molecule has 2 rings (SSSR count). The summed E-state index contributed by atoms with van der Waals surface area (Å²) in [4.78, 5) is 22.8. The van der Waals surface area contributed by atoms with E-state index in [2.05, 4.69) is 5.32 Å². The molecule has 0 saturated heterocycles. The van der Waals surface area contributed by atoms with Crippen LogP contribution in [0.15, 0.2) is 30.3 Å². The van der Waals surface area contributed by atoms with Crippen LogP contribution in [0.2, 0.25) is 0 Å². The first-order valence-electron chi connectivity index (χ1n) is 6.04. The Balaban J connectivity index is 1.97. The van der Waals surface area contributed by atoms with E-state index in [1.165, 1.54) is 18.2 Å². The lowest BCUT2D eigenvalue weighted by atomic mass is 9.77. The Hall–Kier alpha value is -2.30. The van der Waals surface area contributed by atoms with Gasteiger partial charge >= 0.3 is 5.97 Å². The van der Waals surface area contributed by atoms with Gasteiger partial charge in [-0.1, -0.05) is 12.1 Å². The second-order valence-corrected chi connectivity index (χ2v) is 4.65. The number of amides is 1. The number of rotatable bonds is 4. The third-order valence-corrected chi connectivity index (χ3v) is 3.30. The largest absolute Gasteiger partial charge is 0.508 e. The van der Waals surface area contributed by atoms with Crippen LogP contribution in [-0.4, -0.2) is 27.6 Å². The van der Waals surface area contributed by atoms with Crippen molar-refractivity contribution in [2.75, 3.05) is 0 Å². The molecule has 100 valence electrons. The summed E-state index contributed by atoms with van der Waals surface area (Å²) in [5.41, 5.74) is -0.331. The van der Waals surface area contributed by atoms with Crippen LogP contribution in [0, 0.1) is 0 Å². The second-order valence-electron chi connectivity index (χ2n) is 4.65. The molecule has 0 atom stereocenters. The first-order valence-corrected chi connectivity index (χ1v) is 6.04. The summed E-state index contributed by atoms with van der Waals surface area (Å²) in [6, 6.07) is 6.36. The van der Waals surface area contributed by atoms with E-state index in [-0.39, 0.29) is 5.75 Å². The third-order valence-electron chi connectivity index (χ3n) is 3.30. The molecule has 3 N–H and O–H groups in total. The van der Waals surface area contributed by atoms with Gasteiger partial charge in [-0.25, -0.2) is 4.79 Å². The first kappa shape index (κ1) is 13.1. The van der Waals surface area contributed by atoms with E-state index >= 15 is 0 Å². The van der Waals surface area contributed by atoms with Gasteiger partial charge in [-0.05, 0) is 43.0 Å². The summed E-state index contributed by atoms with van der Waals surface area (Å²) in [5, 5.41) is 20.7. The minimum absolute atomic E-state index is 0.154. The lowest BCUT2D eigenvalue weighted by Crippen LogP contribution is -2.58. The Morgan fingerprint density at radius 3 is 2.32 bits per heavy atom. The maximum Gasteiger partial charge on any atom is 0.329 e. The zero-order valence-corrected chi connectivity index (χ0v) is 10.3. The average Bonchev–Trinajstić information content (AvgIpc) is 2.32. The number of aliphatic carboxylic acids is 1. The normalized spacial score (nSPS) is 16.8. The smallest absolute Gasteiger partial charge is 0.329 e. The molecule has 0 radical (unpaired) electrons. The van der Waals surface area contributed by atoms with E-state index in [0.717, 1.165) is 12.0 Å². The number of carboxylic acids is 1. The van der Waals surface area contributed by atoms with Crippen LogP contribution < -0.4 is 5.32 Å². The van der Waals surface area contributed by atoms with Gasteiger partial charge in [-0.3, -0.25) is 4.79 Å². The van der Waals surface area contributed by atoms with Crippen LogP contribution >= 0.6 is 0 Å². The van der Waals surface area contributed by atoms with E-state index in [1.54, 1.807) is 18.2 Å². The van der Waals surface area contributed by atoms with Crippen LogP contribution in [0.5, 0.6) is 5.75 Å². The standard InChI is InChI=1S/C14H15NO4/c16-11-5-2-10(3-6-11)4-7-12(17)15-14(13(18)19)8-1-9-14/h2-7,16H,1,8-9H2,(H,15,17)(H,18,19)/b7-4+. The fourth-order valence-corrected chi connectivity index (χ4v) is 1.96. The number of phenols is 1. The topological polar surface area (TPSA) is 86.6 Å². The molecule has 0 aliphatic heterocycles. The monoisotopic (exact) mass is 261 g/mol. The van der Waals surface area contributed by atoms with Crippen molar-refractivity contribution in [3.63, 3.8) is 0 Å². The molecule has 1 aromatic carbocycles. The highest BCUT2D eigenvalue weighted by molar-refractivity contribution is 5.96. The summed E-state index contributed by atoms with van der Waals surface area (Å²) in [6.07, 6.45) is 4.63. The molecule has 0 bridgehead atoms. The molecule has 0 heterocycles. The maximum atomic E-state index is 11.7. The van der Waals surface area contributed by atoms with Gasteiger partial charge in [-0.2, -0.15) is 0 Å². The molecule has 1 aliphatic carbocycles. The predicted molar refractivity (Wildman–Crippen MR) is 69.5 cm³/mol. The third kappa shape index (κ3) is 2.93. The molecule has 1 fully saturated rings. The summed E-state index contributed by atoms with van der Waals surface area (Å²) < 4.78 is 0. The fourth-order valence-electron chi connectivity index (χ4n) is 1.96. The lowest BCUT2D eigenvalue weighted by Gasteiger charge is -2.37. The Bertz CT molecular complexity index is 515.